The van der Waals surface area contributed by atoms with E-state index in [0.717, 1.165) is 15.7 Å². The first-order chi connectivity index (χ1) is 15.8. The zero-order valence-corrected chi connectivity index (χ0v) is 20.6. The van der Waals surface area contributed by atoms with Gasteiger partial charge in [-0.25, -0.2) is 4.98 Å². The van der Waals surface area contributed by atoms with Gasteiger partial charge in [0.05, 0.1) is 22.6 Å². The average Bonchev–Trinajstić information content (AvgIpc) is 2.80. The van der Waals surface area contributed by atoms with Crippen molar-refractivity contribution in [3.63, 3.8) is 0 Å². The number of hydrogen-bond donors (Lipinski definition) is 1. The van der Waals surface area contributed by atoms with Crippen LogP contribution in [0.15, 0.2) is 39.9 Å². The molecule has 0 amide bonds. The van der Waals surface area contributed by atoms with E-state index in [1.54, 1.807) is 4.57 Å². The molecule has 11 heteroatoms. The van der Waals surface area contributed by atoms with E-state index in [-0.39, 0.29) is 5.39 Å². The van der Waals surface area contributed by atoms with Crippen LogP contribution in [0.3, 0.4) is 0 Å². The Hall–Kier alpha value is -3.05. The summed E-state index contributed by atoms with van der Waals surface area (Å²) in [5.74, 6) is -1.02. The summed E-state index contributed by atoms with van der Waals surface area (Å²) >= 11 is 9.16. The van der Waals surface area contributed by atoms with Crippen molar-refractivity contribution in [2.75, 3.05) is 36.4 Å². The number of halogens is 1. The number of rotatable bonds is 4. The minimum absolute atomic E-state index is 0.162. The van der Waals surface area contributed by atoms with Gasteiger partial charge in [0.1, 0.15) is 5.65 Å². The maximum atomic E-state index is 12.5. The fraction of sp³-hybridized carbons (Fsp3) is 0.318. The number of carbonyl (C=O) groups excluding carboxylic acids is 1. The van der Waals surface area contributed by atoms with Crippen LogP contribution in [-0.4, -0.2) is 56.7 Å². The van der Waals surface area contributed by atoms with E-state index in [2.05, 4.69) is 36.1 Å². The predicted octanol–water partition coefficient (Wildman–Crippen LogP) is 1.76. The number of benzene rings is 1. The minimum Gasteiger partial charge on any atom is -0.545 e. The second kappa shape index (κ2) is 9.44. The minimum atomic E-state index is -1.51. The monoisotopic (exact) mass is 529 g/mol. The number of hydrogen-bond acceptors (Lipinski definition) is 7. The molecular formula is C22H22BrN6O3S-. The fourth-order valence-corrected chi connectivity index (χ4v) is 4.61. The number of aromatic carboxylic acids is 1. The lowest BCUT2D eigenvalue weighted by molar-refractivity contribution is -0.255. The Balaban J connectivity index is 1.49. The zero-order valence-electron chi connectivity index (χ0n) is 18.2. The highest BCUT2D eigenvalue weighted by Gasteiger charge is 2.22. The van der Waals surface area contributed by atoms with Crippen LogP contribution < -0.4 is 20.8 Å². The van der Waals surface area contributed by atoms with Gasteiger partial charge in [0.15, 0.2) is 5.11 Å². The van der Waals surface area contributed by atoms with Crippen molar-refractivity contribution in [1.82, 2.24) is 19.4 Å². The molecule has 2 aromatic heterocycles. The SMILES string of the molecule is CCn1cc(C(=O)[O-])c(=O)c2cnc(N3CCN(C(=S)Nc4ccc(C)cc4Br)CC3)nc21. The van der Waals surface area contributed by atoms with E-state index in [9.17, 15) is 14.7 Å². The van der Waals surface area contributed by atoms with Gasteiger partial charge in [-0.1, -0.05) is 6.07 Å². The van der Waals surface area contributed by atoms with Crippen LogP contribution in [0, 0.1) is 6.92 Å². The van der Waals surface area contributed by atoms with Gasteiger partial charge in [-0.3, -0.25) is 4.79 Å². The number of aromatic nitrogens is 3. The number of nitrogens with one attached hydrogen (secondary N) is 1. The van der Waals surface area contributed by atoms with Crippen molar-refractivity contribution in [2.24, 2.45) is 0 Å². The van der Waals surface area contributed by atoms with Gasteiger partial charge in [0, 0.05) is 49.6 Å². The molecule has 0 aliphatic carbocycles. The summed E-state index contributed by atoms with van der Waals surface area (Å²) in [4.78, 5) is 36.8. The number of nitrogens with zero attached hydrogens (tertiary/aromatic N) is 5. The molecule has 1 saturated heterocycles. The summed E-state index contributed by atoms with van der Waals surface area (Å²) in [6, 6.07) is 6.05. The number of piperazine rings is 1. The molecule has 0 spiro atoms. The number of carboxylic acid groups (broad SMARTS) is 1. The molecule has 9 nitrogen and oxygen atoms in total. The van der Waals surface area contributed by atoms with Gasteiger partial charge in [0.25, 0.3) is 0 Å². The summed E-state index contributed by atoms with van der Waals surface area (Å²) in [7, 11) is 0. The van der Waals surface area contributed by atoms with Crippen LogP contribution in [0.5, 0.6) is 0 Å². The van der Waals surface area contributed by atoms with Crippen molar-refractivity contribution < 1.29 is 9.90 Å². The van der Waals surface area contributed by atoms with Crippen LogP contribution in [0.25, 0.3) is 11.0 Å². The van der Waals surface area contributed by atoms with E-state index >= 15 is 0 Å². The Bertz CT molecular complexity index is 1300. The first-order valence-electron chi connectivity index (χ1n) is 10.5. The number of aryl methyl sites for hydroxylation is 2. The van der Waals surface area contributed by atoms with Crippen LogP contribution in [-0.2, 0) is 6.54 Å². The lowest BCUT2D eigenvalue weighted by Gasteiger charge is -2.36. The molecule has 0 bridgehead atoms. The van der Waals surface area contributed by atoms with Crippen LogP contribution in [0.2, 0.25) is 0 Å². The Labute approximate surface area is 204 Å². The Kier molecular flexibility index (Phi) is 6.61. The van der Waals surface area contributed by atoms with Gasteiger partial charge in [-0.15, -0.1) is 0 Å². The van der Waals surface area contributed by atoms with E-state index in [4.69, 9.17) is 12.2 Å². The third-order valence-corrected chi connectivity index (χ3v) is 6.60. The average molecular weight is 530 g/mol. The Morgan fingerprint density at radius 2 is 2.00 bits per heavy atom. The lowest BCUT2D eigenvalue weighted by Crippen LogP contribution is -2.50. The molecule has 1 aliphatic heterocycles. The summed E-state index contributed by atoms with van der Waals surface area (Å²) in [5.41, 5.74) is 1.45. The number of carboxylic acids is 1. The van der Waals surface area contributed by atoms with E-state index in [1.807, 2.05) is 36.9 Å². The quantitative estimate of drug-likeness (QED) is 0.505. The van der Waals surface area contributed by atoms with Gasteiger partial charge in [-0.2, -0.15) is 4.98 Å². The molecule has 1 fully saturated rings. The molecule has 1 aliphatic rings. The molecule has 172 valence electrons. The van der Waals surface area contributed by atoms with Crippen LogP contribution in [0.4, 0.5) is 11.6 Å². The number of carbonyl (C=O) groups is 1. The molecule has 1 aromatic carbocycles. The fourth-order valence-electron chi connectivity index (χ4n) is 3.73. The lowest BCUT2D eigenvalue weighted by atomic mass is 10.2. The third-order valence-electron chi connectivity index (χ3n) is 5.58. The second-order valence-corrected chi connectivity index (χ2v) is 8.98. The summed E-state index contributed by atoms with van der Waals surface area (Å²) in [5, 5.41) is 15.4. The van der Waals surface area contributed by atoms with Crippen LogP contribution >= 0.6 is 28.1 Å². The molecule has 4 rings (SSSR count). The maximum Gasteiger partial charge on any atom is 0.227 e. The molecule has 3 aromatic rings. The number of anilines is 2. The van der Waals surface area contributed by atoms with Gasteiger partial charge in [-0.05, 0) is 59.7 Å². The number of fused-ring (bicyclic) bond motifs is 1. The van der Waals surface area contributed by atoms with Crippen molar-refractivity contribution in [1.29, 1.82) is 0 Å². The molecule has 1 N–H and O–H groups in total. The van der Waals surface area contributed by atoms with Gasteiger partial charge < -0.3 is 29.6 Å². The highest BCUT2D eigenvalue weighted by atomic mass is 79.9. The Morgan fingerprint density at radius 3 is 2.64 bits per heavy atom. The molecular weight excluding hydrogens is 508 g/mol. The van der Waals surface area contributed by atoms with Crippen molar-refractivity contribution >= 4 is 61.9 Å². The standard InChI is InChI=1S/C22H23BrN6O3S/c1-3-27-12-15(20(31)32)18(30)14-11-24-21(26-19(14)27)28-6-8-29(9-7-28)22(33)25-17-5-4-13(2)10-16(17)23/h4-5,10-12H,3,6-9H2,1-2H3,(H,25,33)(H,31,32)/p-1. The van der Waals surface area contributed by atoms with E-state index < -0.39 is 17.0 Å². The molecule has 0 saturated carbocycles. The molecule has 0 atom stereocenters. The van der Waals surface area contributed by atoms with Crippen molar-refractivity contribution in [2.45, 2.75) is 20.4 Å². The predicted molar refractivity (Wildman–Crippen MR) is 133 cm³/mol. The van der Waals surface area contributed by atoms with Gasteiger partial charge in [0.2, 0.25) is 11.4 Å². The summed E-state index contributed by atoms with van der Waals surface area (Å²) < 4.78 is 2.58. The number of thiocarbonyl (C=S) groups is 1. The molecule has 0 unspecified atom stereocenters. The largest absolute Gasteiger partial charge is 0.545 e. The van der Waals surface area contributed by atoms with Crippen molar-refractivity contribution in [3.8, 4) is 0 Å². The Morgan fingerprint density at radius 1 is 1.27 bits per heavy atom. The third kappa shape index (κ3) is 4.69. The zero-order chi connectivity index (χ0) is 23.7. The first-order valence-corrected chi connectivity index (χ1v) is 11.7. The van der Waals surface area contributed by atoms with Crippen LogP contribution in [0.1, 0.15) is 22.8 Å². The van der Waals surface area contributed by atoms with E-state index in [0.29, 0.717) is 49.4 Å². The summed E-state index contributed by atoms with van der Waals surface area (Å²) in [6.45, 7) is 7.00. The smallest absolute Gasteiger partial charge is 0.227 e. The summed E-state index contributed by atoms with van der Waals surface area (Å²) in [6.07, 6.45) is 2.67. The number of pyridine rings is 1. The topological polar surface area (TPSA) is 106 Å². The van der Waals surface area contributed by atoms with Crippen molar-refractivity contribution in [3.05, 3.63) is 56.4 Å². The molecule has 33 heavy (non-hydrogen) atoms. The maximum absolute atomic E-state index is 12.5. The van der Waals surface area contributed by atoms with Gasteiger partial charge >= 0.3 is 0 Å². The highest BCUT2D eigenvalue weighted by molar-refractivity contribution is 9.10. The van der Waals surface area contributed by atoms with E-state index in [1.165, 1.54) is 12.4 Å². The second-order valence-electron chi connectivity index (χ2n) is 7.74. The highest BCUT2D eigenvalue weighted by Crippen LogP contribution is 2.24. The normalized spacial score (nSPS) is 13.9. The molecule has 0 radical (unpaired) electrons. The first kappa shape index (κ1) is 23.1. The molecule has 3 heterocycles.